The number of nitrogens with two attached hydrogens (primary N) is 1. The molecule has 7 heteroatoms. The molecule has 1 aromatic rings. The second-order valence-corrected chi connectivity index (χ2v) is 4.90. The maximum atomic E-state index is 11.5. The minimum atomic E-state index is -0.908. The Labute approximate surface area is 121 Å². The molecule has 2 unspecified atom stereocenters. The van der Waals surface area contributed by atoms with Gasteiger partial charge in [0.25, 0.3) is 0 Å². The van der Waals surface area contributed by atoms with Crippen LogP contribution in [0.3, 0.4) is 0 Å². The van der Waals surface area contributed by atoms with Crippen molar-refractivity contribution < 1.29 is 14.6 Å². The van der Waals surface area contributed by atoms with Crippen molar-refractivity contribution in [2.45, 2.75) is 12.1 Å². The number of halogens is 2. The number of methoxy groups -OCH3 is 1. The average molecular weight is 307 g/mol. The zero-order valence-corrected chi connectivity index (χ0v) is 11.9. The highest BCUT2D eigenvalue weighted by molar-refractivity contribution is 6.34. The Morgan fingerprint density at radius 3 is 2.53 bits per heavy atom. The van der Waals surface area contributed by atoms with Gasteiger partial charge in [-0.2, -0.15) is 0 Å². The third kappa shape index (κ3) is 5.34. The van der Waals surface area contributed by atoms with E-state index in [1.807, 2.05) is 0 Å². The minimum Gasteiger partial charge on any atom is -0.387 e. The normalized spacial score (nSPS) is 13.9. The van der Waals surface area contributed by atoms with E-state index in [0.717, 1.165) is 0 Å². The Balaban J connectivity index is 2.55. The Bertz CT molecular complexity index is 423. The van der Waals surface area contributed by atoms with Crippen LogP contribution in [0.4, 0.5) is 0 Å². The number of ether oxygens (including phenoxy) is 1. The molecular formula is C12H16Cl2N2O3. The van der Waals surface area contributed by atoms with Gasteiger partial charge in [0.15, 0.2) is 0 Å². The van der Waals surface area contributed by atoms with Gasteiger partial charge in [-0.1, -0.05) is 23.2 Å². The highest BCUT2D eigenvalue weighted by Gasteiger charge is 2.15. The lowest BCUT2D eigenvalue weighted by Gasteiger charge is -2.15. The van der Waals surface area contributed by atoms with Crippen LogP contribution < -0.4 is 11.1 Å². The number of aliphatic hydroxyl groups excluding tert-OH is 1. The SMILES string of the molecule is COCC(N)C(=O)NCC(O)c1cc(Cl)cc(Cl)c1. The summed E-state index contributed by atoms with van der Waals surface area (Å²) in [6.07, 6.45) is -0.908. The van der Waals surface area contributed by atoms with Crippen molar-refractivity contribution in [2.24, 2.45) is 5.73 Å². The maximum absolute atomic E-state index is 11.5. The van der Waals surface area contributed by atoms with Gasteiger partial charge >= 0.3 is 0 Å². The largest absolute Gasteiger partial charge is 0.387 e. The van der Waals surface area contributed by atoms with Gasteiger partial charge in [0.1, 0.15) is 6.04 Å². The molecule has 0 spiro atoms. The van der Waals surface area contributed by atoms with Crippen LogP contribution in [-0.2, 0) is 9.53 Å². The number of amides is 1. The van der Waals surface area contributed by atoms with Crippen molar-refractivity contribution >= 4 is 29.1 Å². The monoisotopic (exact) mass is 306 g/mol. The fourth-order valence-electron chi connectivity index (χ4n) is 1.47. The molecule has 0 bridgehead atoms. The van der Waals surface area contributed by atoms with Crippen molar-refractivity contribution in [3.63, 3.8) is 0 Å². The van der Waals surface area contributed by atoms with Crippen LogP contribution in [0, 0.1) is 0 Å². The first kappa shape index (κ1) is 16.2. The van der Waals surface area contributed by atoms with E-state index in [0.29, 0.717) is 15.6 Å². The van der Waals surface area contributed by atoms with E-state index in [1.165, 1.54) is 7.11 Å². The molecule has 1 aromatic carbocycles. The fraction of sp³-hybridized carbons (Fsp3) is 0.417. The van der Waals surface area contributed by atoms with Gasteiger partial charge in [-0.15, -0.1) is 0 Å². The number of rotatable bonds is 6. The molecular weight excluding hydrogens is 291 g/mol. The summed E-state index contributed by atoms with van der Waals surface area (Å²) in [6, 6.07) is 3.96. The van der Waals surface area contributed by atoms with Gasteiger partial charge < -0.3 is 20.9 Å². The van der Waals surface area contributed by atoms with Crippen molar-refractivity contribution in [1.29, 1.82) is 0 Å². The summed E-state index contributed by atoms with van der Waals surface area (Å²) in [5, 5.41) is 13.3. The molecule has 1 amide bonds. The van der Waals surface area contributed by atoms with E-state index in [2.05, 4.69) is 5.32 Å². The number of hydrogen-bond acceptors (Lipinski definition) is 4. The van der Waals surface area contributed by atoms with Gasteiger partial charge in [-0.25, -0.2) is 0 Å². The number of carbonyl (C=O) groups excluding carboxylic acids is 1. The smallest absolute Gasteiger partial charge is 0.239 e. The summed E-state index contributed by atoms with van der Waals surface area (Å²) >= 11 is 11.7. The van der Waals surface area contributed by atoms with Gasteiger partial charge in [0, 0.05) is 23.7 Å². The standard InChI is InChI=1S/C12H16Cl2N2O3/c1-19-6-10(15)12(18)16-5-11(17)7-2-8(13)4-9(14)3-7/h2-4,10-11,17H,5-6,15H2,1H3,(H,16,18). The lowest BCUT2D eigenvalue weighted by molar-refractivity contribution is -0.123. The topological polar surface area (TPSA) is 84.6 Å². The molecule has 5 nitrogen and oxygen atoms in total. The Morgan fingerprint density at radius 2 is 2.00 bits per heavy atom. The molecule has 0 aliphatic heterocycles. The molecule has 2 atom stereocenters. The quantitative estimate of drug-likeness (QED) is 0.735. The van der Waals surface area contributed by atoms with Crippen LogP contribution in [0.15, 0.2) is 18.2 Å². The fourth-order valence-corrected chi connectivity index (χ4v) is 2.01. The highest BCUT2D eigenvalue weighted by atomic mass is 35.5. The summed E-state index contributed by atoms with van der Waals surface area (Å²) in [7, 11) is 1.45. The third-order valence-electron chi connectivity index (χ3n) is 2.42. The molecule has 1 rings (SSSR count). The Morgan fingerprint density at radius 1 is 1.42 bits per heavy atom. The van der Waals surface area contributed by atoms with Crippen LogP contribution in [0.1, 0.15) is 11.7 Å². The van der Waals surface area contributed by atoms with Crippen molar-refractivity contribution in [3.8, 4) is 0 Å². The molecule has 0 aliphatic carbocycles. The third-order valence-corrected chi connectivity index (χ3v) is 2.86. The summed E-state index contributed by atoms with van der Waals surface area (Å²) in [4.78, 5) is 11.5. The first-order chi connectivity index (χ1) is 8.93. The molecule has 0 saturated heterocycles. The number of benzene rings is 1. The number of aliphatic hydroxyl groups is 1. The van der Waals surface area contributed by atoms with Gasteiger partial charge in [-0.3, -0.25) is 4.79 Å². The zero-order valence-electron chi connectivity index (χ0n) is 10.4. The summed E-state index contributed by atoms with van der Waals surface area (Å²) in [5.41, 5.74) is 6.07. The number of carbonyl (C=O) groups is 1. The van der Waals surface area contributed by atoms with E-state index in [9.17, 15) is 9.90 Å². The lowest BCUT2D eigenvalue weighted by Crippen LogP contribution is -2.44. The first-order valence-electron chi connectivity index (χ1n) is 5.60. The Hall–Kier alpha value is -0.850. The minimum absolute atomic E-state index is 0.0208. The predicted molar refractivity (Wildman–Crippen MR) is 74.3 cm³/mol. The second kappa shape index (κ2) is 7.67. The van der Waals surface area contributed by atoms with Crippen LogP contribution in [0.2, 0.25) is 10.0 Å². The highest BCUT2D eigenvalue weighted by Crippen LogP contribution is 2.23. The van der Waals surface area contributed by atoms with E-state index in [1.54, 1.807) is 18.2 Å². The summed E-state index contributed by atoms with van der Waals surface area (Å²) < 4.78 is 4.76. The molecule has 0 radical (unpaired) electrons. The zero-order chi connectivity index (χ0) is 14.4. The summed E-state index contributed by atoms with van der Waals surface area (Å²) in [6.45, 7) is 0.137. The molecule has 106 valence electrons. The molecule has 0 fully saturated rings. The predicted octanol–water partition coefficient (Wildman–Crippen LogP) is 1.12. The lowest BCUT2D eigenvalue weighted by atomic mass is 10.1. The molecule has 0 aromatic heterocycles. The van der Waals surface area contributed by atoms with E-state index in [4.69, 9.17) is 33.7 Å². The van der Waals surface area contributed by atoms with Gasteiger partial charge in [0.05, 0.1) is 12.7 Å². The summed E-state index contributed by atoms with van der Waals surface area (Å²) in [5.74, 6) is -0.394. The van der Waals surface area contributed by atoms with Crippen LogP contribution in [0.25, 0.3) is 0 Å². The molecule has 0 saturated carbocycles. The van der Waals surface area contributed by atoms with E-state index in [-0.39, 0.29) is 13.2 Å². The van der Waals surface area contributed by atoms with Crippen molar-refractivity contribution in [2.75, 3.05) is 20.3 Å². The average Bonchev–Trinajstić information content (AvgIpc) is 2.34. The number of hydrogen-bond donors (Lipinski definition) is 3. The number of nitrogens with one attached hydrogen (secondary N) is 1. The first-order valence-corrected chi connectivity index (χ1v) is 6.36. The van der Waals surface area contributed by atoms with Crippen LogP contribution >= 0.6 is 23.2 Å². The molecule has 0 aliphatic rings. The van der Waals surface area contributed by atoms with Gasteiger partial charge in [-0.05, 0) is 23.8 Å². The van der Waals surface area contributed by atoms with Crippen LogP contribution in [-0.4, -0.2) is 37.3 Å². The second-order valence-electron chi connectivity index (χ2n) is 4.03. The maximum Gasteiger partial charge on any atom is 0.239 e. The Kier molecular flexibility index (Phi) is 6.54. The van der Waals surface area contributed by atoms with E-state index < -0.39 is 18.1 Å². The van der Waals surface area contributed by atoms with Gasteiger partial charge in [0.2, 0.25) is 5.91 Å². The molecule has 0 heterocycles. The van der Waals surface area contributed by atoms with Crippen LogP contribution in [0.5, 0.6) is 0 Å². The molecule has 19 heavy (non-hydrogen) atoms. The molecule has 4 N–H and O–H groups in total. The van der Waals surface area contributed by atoms with Crippen molar-refractivity contribution in [3.05, 3.63) is 33.8 Å². The van der Waals surface area contributed by atoms with E-state index >= 15 is 0 Å². The van der Waals surface area contributed by atoms with Crippen molar-refractivity contribution in [1.82, 2.24) is 5.32 Å².